The third kappa shape index (κ3) is 4.08. The van der Waals surface area contributed by atoms with Crippen LogP contribution in [0.2, 0.25) is 0 Å². The van der Waals surface area contributed by atoms with Crippen LogP contribution in [-0.4, -0.2) is 40.6 Å². The maximum absolute atomic E-state index is 13.0. The summed E-state index contributed by atoms with van der Waals surface area (Å²) in [6.07, 6.45) is 0.163. The van der Waals surface area contributed by atoms with Crippen LogP contribution in [0.25, 0.3) is 0 Å². The van der Waals surface area contributed by atoms with Gasteiger partial charge in [0.05, 0.1) is 17.7 Å². The van der Waals surface area contributed by atoms with Gasteiger partial charge in [-0.2, -0.15) is 0 Å². The molecule has 164 valence electrons. The van der Waals surface area contributed by atoms with Gasteiger partial charge < -0.3 is 14.2 Å². The molecule has 9 nitrogen and oxygen atoms in total. The quantitative estimate of drug-likeness (QED) is 0.677. The van der Waals surface area contributed by atoms with Crippen LogP contribution in [0.4, 0.5) is 5.69 Å². The fraction of sp³-hybridized carbons (Fsp3) is 0.333. The van der Waals surface area contributed by atoms with Crippen LogP contribution in [0.3, 0.4) is 0 Å². The van der Waals surface area contributed by atoms with E-state index in [4.69, 9.17) is 14.2 Å². The fourth-order valence-electron chi connectivity index (χ4n) is 3.56. The van der Waals surface area contributed by atoms with Crippen LogP contribution >= 0.6 is 0 Å². The van der Waals surface area contributed by atoms with E-state index in [2.05, 4.69) is 4.72 Å². The number of carbonyl (C=O) groups excluding carboxylic acids is 2. The molecule has 2 aromatic carbocycles. The second-order valence-electron chi connectivity index (χ2n) is 7.20. The first-order chi connectivity index (χ1) is 14.8. The molecule has 0 saturated carbocycles. The SMILES string of the molecule is COc1ccc(S(=O)(=O)NC(C)c2ccc3c(c2)OCCO3)cc1N1C(=O)CCC1=O. The van der Waals surface area contributed by atoms with Crippen molar-refractivity contribution < 1.29 is 32.2 Å². The van der Waals surface area contributed by atoms with Gasteiger partial charge in [-0.15, -0.1) is 0 Å². The van der Waals surface area contributed by atoms with E-state index in [0.717, 1.165) is 4.90 Å². The minimum Gasteiger partial charge on any atom is -0.495 e. The van der Waals surface area contributed by atoms with Gasteiger partial charge in [-0.1, -0.05) is 6.07 Å². The van der Waals surface area contributed by atoms with Crippen molar-refractivity contribution in [2.75, 3.05) is 25.2 Å². The number of carbonyl (C=O) groups is 2. The number of hydrogen-bond acceptors (Lipinski definition) is 7. The molecule has 2 aliphatic rings. The van der Waals surface area contributed by atoms with Crippen LogP contribution < -0.4 is 23.8 Å². The lowest BCUT2D eigenvalue weighted by Gasteiger charge is -2.22. The molecule has 4 rings (SSSR count). The summed E-state index contributed by atoms with van der Waals surface area (Å²) in [6.45, 7) is 2.61. The number of benzene rings is 2. The number of rotatable bonds is 6. The molecular weight excluding hydrogens is 424 g/mol. The Labute approximate surface area is 179 Å². The number of ether oxygens (including phenoxy) is 3. The van der Waals surface area contributed by atoms with Gasteiger partial charge in [0, 0.05) is 18.9 Å². The van der Waals surface area contributed by atoms with Crippen molar-refractivity contribution in [3.8, 4) is 17.2 Å². The summed E-state index contributed by atoms with van der Waals surface area (Å²) < 4.78 is 45.0. The molecule has 10 heteroatoms. The zero-order chi connectivity index (χ0) is 22.2. The number of imide groups is 1. The van der Waals surface area contributed by atoms with E-state index in [0.29, 0.717) is 30.3 Å². The van der Waals surface area contributed by atoms with Gasteiger partial charge in [-0.25, -0.2) is 18.0 Å². The Hall–Kier alpha value is -3.11. The molecular formula is C21H22N2O7S. The minimum atomic E-state index is -3.97. The number of nitrogens with one attached hydrogen (secondary N) is 1. The Morgan fingerprint density at radius 3 is 2.35 bits per heavy atom. The van der Waals surface area contributed by atoms with Crippen molar-refractivity contribution in [2.24, 2.45) is 0 Å². The first kappa shape index (κ1) is 21.1. The molecule has 2 amide bonds. The van der Waals surface area contributed by atoms with Crippen LogP contribution in [-0.2, 0) is 19.6 Å². The number of fused-ring (bicyclic) bond motifs is 1. The highest BCUT2D eigenvalue weighted by Crippen LogP contribution is 2.35. The molecule has 0 spiro atoms. The Morgan fingerprint density at radius 2 is 1.68 bits per heavy atom. The average Bonchev–Trinajstić information content (AvgIpc) is 3.10. The molecule has 0 radical (unpaired) electrons. The molecule has 0 aromatic heterocycles. The van der Waals surface area contributed by atoms with E-state index >= 15 is 0 Å². The van der Waals surface area contributed by atoms with Crippen molar-refractivity contribution in [1.29, 1.82) is 0 Å². The van der Waals surface area contributed by atoms with Gasteiger partial charge in [0.15, 0.2) is 11.5 Å². The molecule has 2 aromatic rings. The monoisotopic (exact) mass is 446 g/mol. The van der Waals surface area contributed by atoms with Crippen LogP contribution in [0.15, 0.2) is 41.3 Å². The second-order valence-corrected chi connectivity index (χ2v) is 8.92. The number of sulfonamides is 1. The topological polar surface area (TPSA) is 111 Å². The third-order valence-corrected chi connectivity index (χ3v) is 6.69. The Bertz CT molecular complexity index is 1130. The third-order valence-electron chi connectivity index (χ3n) is 5.15. The smallest absolute Gasteiger partial charge is 0.241 e. The summed E-state index contributed by atoms with van der Waals surface area (Å²) >= 11 is 0. The summed E-state index contributed by atoms with van der Waals surface area (Å²) in [7, 11) is -2.58. The van der Waals surface area contributed by atoms with Gasteiger partial charge in [0.25, 0.3) is 0 Å². The summed E-state index contributed by atoms with van der Waals surface area (Å²) in [5, 5.41) is 0. The molecule has 0 bridgehead atoms. The number of anilines is 1. The number of nitrogens with zero attached hydrogens (tertiary/aromatic N) is 1. The van der Waals surface area contributed by atoms with Crippen molar-refractivity contribution in [3.05, 3.63) is 42.0 Å². The van der Waals surface area contributed by atoms with Gasteiger partial charge in [0.1, 0.15) is 19.0 Å². The van der Waals surface area contributed by atoms with Crippen molar-refractivity contribution >= 4 is 27.5 Å². The number of hydrogen-bond donors (Lipinski definition) is 1. The predicted octanol–water partition coefficient (Wildman–Crippen LogP) is 2.16. The molecule has 1 unspecified atom stereocenters. The number of methoxy groups -OCH3 is 1. The van der Waals surface area contributed by atoms with Gasteiger partial charge in [-0.05, 0) is 42.8 Å². The van der Waals surface area contributed by atoms with E-state index < -0.39 is 27.9 Å². The van der Waals surface area contributed by atoms with Gasteiger partial charge in [0.2, 0.25) is 21.8 Å². The molecule has 0 aliphatic carbocycles. The highest BCUT2D eigenvalue weighted by Gasteiger charge is 2.33. The molecule has 31 heavy (non-hydrogen) atoms. The normalized spacial score (nSPS) is 17.0. The van der Waals surface area contributed by atoms with E-state index in [1.165, 1.54) is 25.3 Å². The lowest BCUT2D eigenvalue weighted by molar-refractivity contribution is -0.121. The standard InChI is InChI=1S/C21H22N2O7S/c1-13(14-3-5-18-19(11-14)30-10-9-29-18)22-31(26,27)15-4-6-17(28-2)16(12-15)23-20(24)7-8-21(23)25/h3-6,11-13,22H,7-10H2,1-2H3. The molecule has 1 N–H and O–H groups in total. The first-order valence-corrected chi connectivity index (χ1v) is 11.2. The Morgan fingerprint density at radius 1 is 1.00 bits per heavy atom. The maximum Gasteiger partial charge on any atom is 0.241 e. The Balaban J connectivity index is 1.62. The first-order valence-electron chi connectivity index (χ1n) is 9.76. The zero-order valence-corrected chi connectivity index (χ0v) is 17.9. The summed E-state index contributed by atoms with van der Waals surface area (Å²) in [4.78, 5) is 25.2. The summed E-state index contributed by atoms with van der Waals surface area (Å²) in [5.41, 5.74) is 0.816. The maximum atomic E-state index is 13.0. The van der Waals surface area contributed by atoms with Gasteiger partial charge >= 0.3 is 0 Å². The highest BCUT2D eigenvalue weighted by atomic mass is 32.2. The lowest BCUT2D eigenvalue weighted by Crippen LogP contribution is -2.30. The molecule has 2 aliphatic heterocycles. The van der Waals surface area contributed by atoms with E-state index in [1.54, 1.807) is 25.1 Å². The van der Waals surface area contributed by atoms with E-state index in [1.807, 2.05) is 0 Å². The fourth-order valence-corrected chi connectivity index (χ4v) is 4.81. The molecule has 1 fully saturated rings. The average molecular weight is 446 g/mol. The molecule has 1 atom stereocenters. The van der Waals surface area contributed by atoms with E-state index in [-0.39, 0.29) is 29.2 Å². The van der Waals surface area contributed by atoms with Crippen LogP contribution in [0, 0.1) is 0 Å². The van der Waals surface area contributed by atoms with Crippen molar-refractivity contribution in [2.45, 2.75) is 30.7 Å². The highest BCUT2D eigenvalue weighted by molar-refractivity contribution is 7.89. The second kappa shape index (κ2) is 8.20. The van der Waals surface area contributed by atoms with E-state index in [9.17, 15) is 18.0 Å². The zero-order valence-electron chi connectivity index (χ0n) is 17.1. The lowest BCUT2D eigenvalue weighted by atomic mass is 10.1. The predicted molar refractivity (Wildman–Crippen MR) is 111 cm³/mol. The largest absolute Gasteiger partial charge is 0.495 e. The summed E-state index contributed by atoms with van der Waals surface area (Å²) in [5.74, 6) is 0.630. The minimum absolute atomic E-state index is 0.0817. The van der Waals surface area contributed by atoms with Crippen LogP contribution in [0.5, 0.6) is 17.2 Å². The van der Waals surface area contributed by atoms with Crippen molar-refractivity contribution in [1.82, 2.24) is 4.72 Å². The number of amides is 2. The summed E-state index contributed by atoms with van der Waals surface area (Å²) in [6, 6.07) is 8.75. The molecule has 2 heterocycles. The van der Waals surface area contributed by atoms with Gasteiger partial charge in [-0.3, -0.25) is 9.59 Å². The van der Waals surface area contributed by atoms with Crippen molar-refractivity contribution in [3.63, 3.8) is 0 Å². The van der Waals surface area contributed by atoms with Crippen LogP contribution in [0.1, 0.15) is 31.4 Å². The Kier molecular flexibility index (Phi) is 5.59. The molecule has 1 saturated heterocycles.